The number of nitro groups is 1. The minimum Gasteiger partial charge on any atom is -0.467 e. The number of hydrogen-bond donors (Lipinski definition) is 2. The molecule has 0 saturated heterocycles. The van der Waals surface area contributed by atoms with E-state index in [-0.39, 0.29) is 29.4 Å². The molecule has 4 rings (SSSR count). The third kappa shape index (κ3) is 5.28. The van der Waals surface area contributed by atoms with Crippen LogP contribution < -0.4 is 10.6 Å². The standard InChI is InChI=1S/C25H19N3O6/c29-24(17-7-2-1-3-8-17)27-21(25(30)26-16-19-9-6-14-33-19)15-18-12-13-23(34-18)20-10-4-5-11-22(20)28(31)32/h1-15H,16H2,(H,26,30)(H,27,29)/b21-15+. The van der Waals surface area contributed by atoms with Gasteiger partial charge in [-0.1, -0.05) is 30.3 Å². The maximum absolute atomic E-state index is 12.9. The van der Waals surface area contributed by atoms with E-state index in [1.165, 1.54) is 18.4 Å². The van der Waals surface area contributed by atoms with Crippen LogP contribution in [0, 0.1) is 10.1 Å². The second-order valence-corrected chi connectivity index (χ2v) is 7.12. The van der Waals surface area contributed by atoms with Crippen molar-refractivity contribution in [2.45, 2.75) is 6.54 Å². The van der Waals surface area contributed by atoms with Gasteiger partial charge in [-0.15, -0.1) is 0 Å². The molecule has 2 aromatic carbocycles. The highest BCUT2D eigenvalue weighted by Gasteiger charge is 2.19. The van der Waals surface area contributed by atoms with E-state index in [2.05, 4.69) is 10.6 Å². The highest BCUT2D eigenvalue weighted by molar-refractivity contribution is 6.05. The Bertz CT molecular complexity index is 1340. The maximum atomic E-state index is 12.9. The number of furan rings is 2. The summed E-state index contributed by atoms with van der Waals surface area (Å²) in [5, 5.41) is 16.6. The Hall–Kier alpha value is -4.92. The first kappa shape index (κ1) is 22.3. The number of hydrogen-bond acceptors (Lipinski definition) is 6. The molecule has 0 bridgehead atoms. The summed E-state index contributed by atoms with van der Waals surface area (Å²) in [6.45, 7) is 0.115. The Morgan fingerprint density at radius 1 is 0.941 bits per heavy atom. The van der Waals surface area contributed by atoms with Gasteiger partial charge in [0.25, 0.3) is 17.5 Å². The molecule has 4 aromatic rings. The van der Waals surface area contributed by atoms with E-state index in [1.54, 1.807) is 72.8 Å². The molecule has 0 spiro atoms. The highest BCUT2D eigenvalue weighted by atomic mass is 16.6. The van der Waals surface area contributed by atoms with Crippen molar-refractivity contribution in [2.75, 3.05) is 0 Å². The topological polar surface area (TPSA) is 128 Å². The smallest absolute Gasteiger partial charge is 0.280 e. The Morgan fingerprint density at radius 3 is 2.44 bits per heavy atom. The molecule has 0 saturated carbocycles. The first-order chi connectivity index (χ1) is 16.5. The van der Waals surface area contributed by atoms with Crippen molar-refractivity contribution >= 4 is 23.6 Å². The number of rotatable bonds is 8. The van der Waals surface area contributed by atoms with Gasteiger partial charge in [0, 0.05) is 17.7 Å². The predicted molar refractivity (Wildman–Crippen MR) is 123 cm³/mol. The van der Waals surface area contributed by atoms with Gasteiger partial charge in [0.1, 0.15) is 23.0 Å². The number of benzene rings is 2. The molecule has 0 radical (unpaired) electrons. The second-order valence-electron chi connectivity index (χ2n) is 7.12. The molecule has 9 heteroatoms. The van der Waals surface area contributed by atoms with Gasteiger partial charge in [0.15, 0.2) is 0 Å². The van der Waals surface area contributed by atoms with Crippen LogP contribution in [-0.2, 0) is 11.3 Å². The minimum absolute atomic E-state index is 0.0659. The summed E-state index contributed by atoms with van der Waals surface area (Å²) in [5.74, 6) is -0.0264. The molecule has 0 unspecified atom stereocenters. The SMILES string of the molecule is O=C(NCc1ccco1)/C(=C\c1ccc(-c2ccccc2[N+](=O)[O-])o1)NC(=O)c1ccccc1. The normalized spacial score (nSPS) is 11.1. The van der Waals surface area contributed by atoms with Crippen molar-refractivity contribution < 1.29 is 23.3 Å². The fourth-order valence-electron chi connectivity index (χ4n) is 3.18. The van der Waals surface area contributed by atoms with Crippen LogP contribution >= 0.6 is 0 Å². The Kier molecular flexibility index (Phi) is 6.64. The summed E-state index contributed by atoms with van der Waals surface area (Å²) in [7, 11) is 0. The van der Waals surface area contributed by atoms with Crippen molar-refractivity contribution in [3.05, 3.63) is 118 Å². The van der Waals surface area contributed by atoms with Crippen LogP contribution in [0.25, 0.3) is 17.4 Å². The van der Waals surface area contributed by atoms with Crippen LogP contribution in [0.4, 0.5) is 5.69 Å². The molecule has 0 aliphatic carbocycles. The van der Waals surface area contributed by atoms with Crippen molar-refractivity contribution in [2.24, 2.45) is 0 Å². The Labute approximate surface area is 193 Å². The van der Waals surface area contributed by atoms with Crippen LogP contribution in [0.15, 0.2) is 99.7 Å². The number of amides is 2. The molecule has 0 atom stereocenters. The first-order valence-electron chi connectivity index (χ1n) is 10.2. The molecule has 2 amide bonds. The third-order valence-electron chi connectivity index (χ3n) is 4.81. The summed E-state index contributed by atoms with van der Waals surface area (Å²) >= 11 is 0. The fraction of sp³-hybridized carbons (Fsp3) is 0.0400. The van der Waals surface area contributed by atoms with E-state index >= 15 is 0 Å². The number of carbonyl (C=O) groups is 2. The average Bonchev–Trinajstić information content (AvgIpc) is 3.55. The van der Waals surface area contributed by atoms with E-state index < -0.39 is 16.7 Å². The summed E-state index contributed by atoms with van der Waals surface area (Å²) in [5.41, 5.74) is 0.488. The molecule has 2 N–H and O–H groups in total. The third-order valence-corrected chi connectivity index (χ3v) is 4.81. The largest absolute Gasteiger partial charge is 0.467 e. The molecule has 0 aliphatic heterocycles. The molecule has 34 heavy (non-hydrogen) atoms. The van der Waals surface area contributed by atoms with Gasteiger partial charge in [0.2, 0.25) is 0 Å². The lowest BCUT2D eigenvalue weighted by atomic mass is 10.1. The first-order valence-corrected chi connectivity index (χ1v) is 10.2. The van der Waals surface area contributed by atoms with Crippen molar-refractivity contribution in [3.63, 3.8) is 0 Å². The van der Waals surface area contributed by atoms with Crippen molar-refractivity contribution in [1.29, 1.82) is 0 Å². The molecular formula is C25H19N3O6. The molecule has 0 aliphatic rings. The van der Waals surface area contributed by atoms with E-state index in [0.29, 0.717) is 16.9 Å². The number of nitro benzene ring substituents is 1. The highest BCUT2D eigenvalue weighted by Crippen LogP contribution is 2.31. The van der Waals surface area contributed by atoms with E-state index in [9.17, 15) is 19.7 Å². The molecular weight excluding hydrogens is 438 g/mol. The Balaban J connectivity index is 1.61. The van der Waals surface area contributed by atoms with Crippen LogP contribution in [-0.4, -0.2) is 16.7 Å². The monoisotopic (exact) mass is 457 g/mol. The lowest BCUT2D eigenvalue weighted by Crippen LogP contribution is -2.34. The number of nitrogens with zero attached hydrogens (tertiary/aromatic N) is 1. The van der Waals surface area contributed by atoms with Crippen LogP contribution in [0.3, 0.4) is 0 Å². The zero-order valence-corrected chi connectivity index (χ0v) is 17.8. The average molecular weight is 457 g/mol. The number of para-hydroxylation sites is 1. The maximum Gasteiger partial charge on any atom is 0.280 e. The Morgan fingerprint density at radius 2 is 1.71 bits per heavy atom. The summed E-state index contributed by atoms with van der Waals surface area (Å²) in [6.07, 6.45) is 2.85. The molecule has 170 valence electrons. The predicted octanol–water partition coefficient (Wildman–Crippen LogP) is 4.54. The second kappa shape index (κ2) is 10.1. The summed E-state index contributed by atoms with van der Waals surface area (Å²) < 4.78 is 11.0. The summed E-state index contributed by atoms with van der Waals surface area (Å²) in [6, 6.07) is 21.1. The van der Waals surface area contributed by atoms with Gasteiger partial charge in [-0.2, -0.15) is 0 Å². The molecule has 2 aromatic heterocycles. The lowest BCUT2D eigenvalue weighted by Gasteiger charge is -2.10. The zero-order chi connectivity index (χ0) is 23.9. The lowest BCUT2D eigenvalue weighted by molar-refractivity contribution is -0.384. The minimum atomic E-state index is -0.565. The van der Waals surface area contributed by atoms with Gasteiger partial charge in [-0.3, -0.25) is 19.7 Å². The van der Waals surface area contributed by atoms with Crippen molar-refractivity contribution in [3.8, 4) is 11.3 Å². The zero-order valence-electron chi connectivity index (χ0n) is 17.8. The van der Waals surface area contributed by atoms with Gasteiger partial charge in [-0.05, 0) is 42.5 Å². The van der Waals surface area contributed by atoms with E-state index in [1.807, 2.05) is 0 Å². The molecule has 9 nitrogen and oxygen atoms in total. The van der Waals surface area contributed by atoms with Gasteiger partial charge < -0.3 is 19.5 Å². The fourth-order valence-corrected chi connectivity index (χ4v) is 3.18. The quantitative estimate of drug-likeness (QED) is 0.227. The van der Waals surface area contributed by atoms with Gasteiger partial charge >= 0.3 is 0 Å². The number of nitrogens with one attached hydrogen (secondary N) is 2. The van der Waals surface area contributed by atoms with Gasteiger partial charge in [0.05, 0.1) is 23.3 Å². The van der Waals surface area contributed by atoms with E-state index in [0.717, 1.165) is 0 Å². The molecule has 0 fully saturated rings. The van der Waals surface area contributed by atoms with Crippen LogP contribution in [0.5, 0.6) is 0 Å². The summed E-state index contributed by atoms with van der Waals surface area (Å²) in [4.78, 5) is 36.4. The van der Waals surface area contributed by atoms with Crippen LogP contribution in [0.2, 0.25) is 0 Å². The number of carbonyl (C=O) groups excluding carboxylic acids is 2. The van der Waals surface area contributed by atoms with Crippen molar-refractivity contribution in [1.82, 2.24) is 10.6 Å². The van der Waals surface area contributed by atoms with Gasteiger partial charge in [-0.25, -0.2) is 0 Å². The molecule has 2 heterocycles. The van der Waals surface area contributed by atoms with E-state index in [4.69, 9.17) is 8.83 Å². The van der Waals surface area contributed by atoms with Crippen LogP contribution in [0.1, 0.15) is 21.9 Å².